The van der Waals surface area contributed by atoms with Gasteiger partial charge in [0.05, 0.1) is 38.6 Å². The quantitative estimate of drug-likeness (QED) is 0.198. The highest BCUT2D eigenvalue weighted by Crippen LogP contribution is 2.51. The van der Waals surface area contributed by atoms with Crippen LogP contribution in [0.5, 0.6) is 34.5 Å². The fourth-order valence-electron chi connectivity index (χ4n) is 3.82. The van der Waals surface area contributed by atoms with Crippen molar-refractivity contribution in [3.63, 3.8) is 0 Å². The van der Waals surface area contributed by atoms with Crippen LogP contribution in [0.15, 0.2) is 60.1 Å². The van der Waals surface area contributed by atoms with Crippen molar-refractivity contribution in [1.82, 2.24) is 0 Å². The molecule has 0 atom stereocenters. The molecule has 0 fully saturated rings. The molecule has 0 bridgehead atoms. The van der Waals surface area contributed by atoms with Crippen molar-refractivity contribution in [2.24, 2.45) is 0 Å². The van der Waals surface area contributed by atoms with Gasteiger partial charge in [-0.3, -0.25) is 0 Å². The fraction of sp³-hybridized carbons (Fsp3) is 0.214. The van der Waals surface area contributed by atoms with Crippen molar-refractivity contribution < 1.29 is 52.0 Å². The first-order valence-electron chi connectivity index (χ1n) is 12.1. The molecule has 3 rings (SSSR count). The summed E-state index contributed by atoms with van der Waals surface area (Å²) in [5.74, 6) is 4.92. The zero-order valence-corrected chi connectivity index (χ0v) is 27.2. The van der Waals surface area contributed by atoms with Crippen LogP contribution in [0.1, 0.15) is 0 Å². The van der Waals surface area contributed by atoms with Crippen LogP contribution in [0.3, 0.4) is 0 Å². The molecule has 0 unspecified atom stereocenters. The van der Waals surface area contributed by atoms with Gasteiger partial charge in [-0.2, -0.15) is 25.3 Å². The molecule has 3 aromatic carbocycles. The Bertz CT molecular complexity index is 1940. The lowest BCUT2D eigenvalue weighted by Gasteiger charge is -2.21. The Morgan fingerprint density at radius 3 is 1.86 bits per heavy atom. The zero-order chi connectivity index (χ0) is 32.7. The molecular weight excluding hydrogens is 660 g/mol. The van der Waals surface area contributed by atoms with Gasteiger partial charge in [0.2, 0.25) is 0 Å². The summed E-state index contributed by atoms with van der Waals surface area (Å²) in [6, 6.07) is 11.6. The average molecular weight is 687 g/mol. The zero-order valence-electron chi connectivity index (χ0n) is 24.0. The fourth-order valence-corrected chi connectivity index (χ4v) is 5.26. The third-order valence-electron chi connectivity index (χ3n) is 5.29. The predicted octanol–water partition coefficient (Wildman–Crippen LogP) is 4.19. The molecule has 0 saturated heterocycles. The number of methoxy groups -OCH3 is 2. The van der Waals surface area contributed by atoms with Gasteiger partial charge in [0.15, 0.2) is 23.0 Å². The molecule has 0 aromatic heterocycles. The number of halogens is 1. The lowest BCUT2D eigenvalue weighted by Crippen LogP contribution is -2.10. The van der Waals surface area contributed by atoms with Gasteiger partial charge in [-0.05, 0) is 47.5 Å². The van der Waals surface area contributed by atoms with Crippen molar-refractivity contribution in [1.29, 1.82) is 0 Å². The Hall–Kier alpha value is -4.10. The molecule has 236 valence electrons. The lowest BCUT2D eigenvalue weighted by atomic mass is 9.96. The molecule has 3 aromatic rings. The minimum absolute atomic E-state index is 0.0212. The third-order valence-corrected chi connectivity index (χ3v) is 6.87. The second kappa shape index (κ2) is 14.1. The average Bonchev–Trinajstić information content (AvgIpc) is 2.91. The van der Waals surface area contributed by atoms with Crippen molar-refractivity contribution in [2.45, 2.75) is 0 Å². The molecule has 0 aliphatic carbocycles. The van der Waals surface area contributed by atoms with Gasteiger partial charge in [-0.1, -0.05) is 41.6 Å². The van der Waals surface area contributed by atoms with Gasteiger partial charge >= 0.3 is 30.4 Å². The van der Waals surface area contributed by atoms with E-state index in [1.54, 1.807) is 0 Å². The van der Waals surface area contributed by atoms with E-state index in [9.17, 15) is 25.3 Å². The van der Waals surface area contributed by atoms with Crippen molar-refractivity contribution in [3.8, 4) is 68.6 Å². The van der Waals surface area contributed by atoms with Gasteiger partial charge < -0.3 is 26.8 Å². The predicted molar refractivity (Wildman–Crippen MR) is 165 cm³/mol. The summed E-state index contributed by atoms with van der Waals surface area (Å²) in [6.07, 6.45) is 3.97. The number of hydrogen-bond donors (Lipinski definition) is 0. The van der Waals surface area contributed by atoms with Gasteiger partial charge in [0, 0.05) is 11.1 Å². The van der Waals surface area contributed by atoms with E-state index in [0.29, 0.717) is 11.1 Å². The maximum Gasteiger partial charge on any atom is 0.306 e. The van der Waals surface area contributed by atoms with Crippen LogP contribution < -0.4 is 26.8 Å². The number of rotatable bonds is 12. The maximum absolute atomic E-state index is 12.4. The van der Waals surface area contributed by atoms with Crippen LogP contribution in [0.2, 0.25) is 0 Å². The second-order valence-corrected chi connectivity index (χ2v) is 13.8. The van der Waals surface area contributed by atoms with Gasteiger partial charge in [-0.25, -0.2) is 0 Å². The minimum Gasteiger partial charge on any atom is -0.496 e. The smallest absolute Gasteiger partial charge is 0.306 e. The van der Waals surface area contributed by atoms with Crippen LogP contribution in [-0.2, 0) is 30.4 Å². The standard InChI is InChI=1S/C28H27ClO12S3/c1-36-25-18-22(19-9-12-21(13-10-19)39-42(3,30)31)27(37-2)28(41-44(5,34)35)26(25)20-11-14-23(38-16-8-6-7-15-29)24(17-20)40-43(4,32)33/h7,9-15,17-18H,16H2,1-5H3/b15-7+. The molecule has 0 aliphatic rings. The van der Waals surface area contributed by atoms with Crippen LogP contribution in [0.4, 0.5) is 0 Å². The largest absolute Gasteiger partial charge is 0.496 e. The highest BCUT2D eigenvalue weighted by atomic mass is 35.5. The third kappa shape index (κ3) is 9.71. The highest BCUT2D eigenvalue weighted by molar-refractivity contribution is 7.86. The maximum atomic E-state index is 12.4. The van der Waals surface area contributed by atoms with E-state index in [-0.39, 0.29) is 52.2 Å². The van der Waals surface area contributed by atoms with E-state index in [2.05, 4.69) is 11.8 Å². The summed E-state index contributed by atoms with van der Waals surface area (Å²) in [6.45, 7) is -0.136. The highest BCUT2D eigenvalue weighted by Gasteiger charge is 2.27. The van der Waals surface area contributed by atoms with Gasteiger partial charge in [-0.15, -0.1) is 0 Å². The molecule has 44 heavy (non-hydrogen) atoms. The second-order valence-electron chi connectivity index (χ2n) is 8.81. The van der Waals surface area contributed by atoms with Gasteiger partial charge in [0.1, 0.15) is 18.1 Å². The summed E-state index contributed by atoms with van der Waals surface area (Å²) < 4.78 is 104. The molecule has 0 amide bonds. The number of ether oxygens (including phenoxy) is 3. The molecule has 0 radical (unpaired) electrons. The number of allylic oxidation sites excluding steroid dienone is 1. The summed E-state index contributed by atoms with van der Waals surface area (Å²) >= 11 is 5.44. The lowest BCUT2D eigenvalue weighted by molar-refractivity contribution is 0.354. The summed E-state index contributed by atoms with van der Waals surface area (Å²) in [7, 11) is -9.34. The summed E-state index contributed by atoms with van der Waals surface area (Å²) in [5, 5.41) is 0. The van der Waals surface area contributed by atoms with E-state index in [1.807, 2.05) is 0 Å². The Morgan fingerprint density at radius 1 is 0.705 bits per heavy atom. The normalized spacial score (nSPS) is 11.8. The van der Waals surface area contributed by atoms with E-state index < -0.39 is 30.4 Å². The van der Waals surface area contributed by atoms with Crippen LogP contribution in [0, 0.1) is 11.8 Å². The minimum atomic E-state index is -4.16. The van der Waals surface area contributed by atoms with Crippen molar-refractivity contribution in [2.75, 3.05) is 39.6 Å². The van der Waals surface area contributed by atoms with E-state index in [1.165, 1.54) is 74.4 Å². The first-order chi connectivity index (χ1) is 20.5. The number of hydrogen-bond acceptors (Lipinski definition) is 12. The Balaban J connectivity index is 2.28. The molecule has 0 saturated carbocycles. The summed E-state index contributed by atoms with van der Waals surface area (Å²) in [4.78, 5) is 0. The van der Waals surface area contributed by atoms with E-state index >= 15 is 0 Å². The Labute approximate surface area is 261 Å². The first-order valence-corrected chi connectivity index (χ1v) is 18.0. The molecular formula is C28H27ClO12S3. The molecule has 16 heteroatoms. The topological polar surface area (TPSA) is 158 Å². The van der Waals surface area contributed by atoms with Gasteiger partial charge in [0.25, 0.3) is 0 Å². The molecule has 0 spiro atoms. The number of benzene rings is 3. The monoisotopic (exact) mass is 686 g/mol. The van der Waals surface area contributed by atoms with Crippen molar-refractivity contribution in [3.05, 3.63) is 60.1 Å². The molecule has 0 aliphatic heterocycles. The van der Waals surface area contributed by atoms with Crippen molar-refractivity contribution >= 4 is 42.0 Å². The van der Waals surface area contributed by atoms with Crippen LogP contribution in [-0.4, -0.2) is 64.8 Å². The van der Waals surface area contributed by atoms with Crippen LogP contribution in [0.25, 0.3) is 22.3 Å². The first kappa shape index (κ1) is 34.4. The van der Waals surface area contributed by atoms with E-state index in [4.69, 9.17) is 38.4 Å². The summed E-state index contributed by atoms with van der Waals surface area (Å²) in [5.41, 5.74) is 2.28. The Kier molecular flexibility index (Phi) is 11.0. The molecule has 12 nitrogen and oxygen atoms in total. The Morgan fingerprint density at radius 2 is 1.32 bits per heavy atom. The molecule has 0 heterocycles. The van der Waals surface area contributed by atoms with Crippen LogP contribution >= 0.6 is 11.6 Å². The SMILES string of the molecule is COc1cc(-c2ccc(OS(C)(=O)=O)cc2)c(OC)c(OS(C)(=O)=O)c1-c1ccc(OCC#C/C=C/Cl)c(OS(C)(=O)=O)c1. The van der Waals surface area contributed by atoms with E-state index in [0.717, 1.165) is 18.8 Å². The molecule has 0 N–H and O–H groups in total.